The summed E-state index contributed by atoms with van der Waals surface area (Å²) >= 11 is 0. The first-order valence-corrected chi connectivity index (χ1v) is 5.96. The van der Waals surface area contributed by atoms with Gasteiger partial charge in [0.1, 0.15) is 0 Å². The Bertz CT molecular complexity index is 225. The molecule has 0 aromatic heterocycles. The summed E-state index contributed by atoms with van der Waals surface area (Å²) in [6.07, 6.45) is 0.0866. The van der Waals surface area contributed by atoms with E-state index < -0.39 is 11.9 Å². The number of fused-ring (bicyclic) bond motifs is 3. The average molecular weight is 244 g/mol. The predicted octanol–water partition coefficient (Wildman–Crippen LogP) is -0.0565. The van der Waals surface area contributed by atoms with Crippen LogP contribution in [0, 0.1) is 0 Å². The van der Waals surface area contributed by atoms with Gasteiger partial charge in [0, 0.05) is 52.1 Å². The zero-order valence-corrected chi connectivity index (χ0v) is 9.97. The van der Waals surface area contributed by atoms with E-state index >= 15 is 0 Å². The summed E-state index contributed by atoms with van der Waals surface area (Å²) in [5, 5.41) is 16.1. The van der Waals surface area contributed by atoms with Crippen molar-refractivity contribution < 1.29 is 19.8 Å². The van der Waals surface area contributed by atoms with Crippen molar-refractivity contribution in [2.45, 2.75) is 19.3 Å². The zero-order valence-electron chi connectivity index (χ0n) is 9.97. The van der Waals surface area contributed by atoms with Crippen LogP contribution in [-0.4, -0.2) is 71.2 Å². The molecular weight excluding hydrogens is 224 g/mol. The summed E-state index contributed by atoms with van der Waals surface area (Å²) in [6.45, 7) is 7.92. The number of carbonyl (C=O) groups is 2. The highest BCUT2D eigenvalue weighted by Crippen LogP contribution is 2.06. The quantitative estimate of drug-likeness (QED) is 0.721. The van der Waals surface area contributed by atoms with Gasteiger partial charge in [-0.1, -0.05) is 0 Å². The zero-order chi connectivity index (χ0) is 12.7. The van der Waals surface area contributed by atoms with Crippen LogP contribution in [-0.2, 0) is 9.59 Å². The topological polar surface area (TPSA) is 81.1 Å². The number of aliphatic carboxylic acids is 2. The van der Waals surface area contributed by atoms with E-state index in [2.05, 4.69) is 9.80 Å². The largest absolute Gasteiger partial charge is 0.481 e. The molecular formula is C11H20N2O4. The summed E-state index contributed by atoms with van der Waals surface area (Å²) < 4.78 is 0. The van der Waals surface area contributed by atoms with Gasteiger partial charge in [-0.2, -0.15) is 0 Å². The fraction of sp³-hybridized carbons (Fsp3) is 0.818. The van der Waals surface area contributed by atoms with Gasteiger partial charge in [-0.3, -0.25) is 19.4 Å². The average Bonchev–Trinajstić information content (AvgIpc) is 2.31. The Kier molecular flexibility index (Phi) is 5.93. The molecule has 2 N–H and O–H groups in total. The number of piperazine rings is 3. The monoisotopic (exact) mass is 244 g/mol. The lowest BCUT2D eigenvalue weighted by Gasteiger charge is -2.41. The summed E-state index contributed by atoms with van der Waals surface area (Å²) in [5.41, 5.74) is 0. The van der Waals surface area contributed by atoms with E-state index in [4.69, 9.17) is 10.2 Å². The molecule has 0 aliphatic carbocycles. The van der Waals surface area contributed by atoms with Gasteiger partial charge in [0.2, 0.25) is 0 Å². The van der Waals surface area contributed by atoms with Crippen molar-refractivity contribution in [3.05, 3.63) is 0 Å². The summed E-state index contributed by atoms with van der Waals surface area (Å²) in [4.78, 5) is 24.7. The second kappa shape index (κ2) is 7.24. The standard InChI is InChI=1S/C6H12N2.C5H8O4/c1-2-8-5-3-7(1)4-6-8;6-4(7)2-1-3-5(8)9/h1-6H2;1-3H2,(H,6,7)(H,8,9). The smallest absolute Gasteiger partial charge is 0.303 e. The van der Waals surface area contributed by atoms with Crippen LogP contribution >= 0.6 is 0 Å². The van der Waals surface area contributed by atoms with Crippen LogP contribution in [0.3, 0.4) is 0 Å². The van der Waals surface area contributed by atoms with Crippen LogP contribution in [0.25, 0.3) is 0 Å². The highest BCUT2D eigenvalue weighted by Gasteiger charge is 2.21. The van der Waals surface area contributed by atoms with Crippen molar-refractivity contribution in [2.75, 3.05) is 39.3 Å². The molecule has 17 heavy (non-hydrogen) atoms. The first-order chi connectivity index (χ1) is 8.08. The molecule has 0 unspecified atom stereocenters. The number of hydrogen-bond donors (Lipinski definition) is 2. The Hall–Kier alpha value is -1.14. The Morgan fingerprint density at radius 2 is 1.06 bits per heavy atom. The molecule has 0 saturated carbocycles. The van der Waals surface area contributed by atoms with Crippen LogP contribution < -0.4 is 0 Å². The molecule has 0 spiro atoms. The minimum Gasteiger partial charge on any atom is -0.481 e. The predicted molar refractivity (Wildman–Crippen MR) is 62.0 cm³/mol. The molecule has 0 amide bonds. The summed E-state index contributed by atoms with van der Waals surface area (Å²) in [5.74, 6) is -1.90. The Balaban J connectivity index is 0.000000170. The molecule has 3 aliphatic heterocycles. The Morgan fingerprint density at radius 3 is 1.24 bits per heavy atom. The summed E-state index contributed by atoms with van der Waals surface area (Å²) in [6, 6.07) is 0. The van der Waals surface area contributed by atoms with E-state index in [1.807, 2.05) is 0 Å². The van der Waals surface area contributed by atoms with Crippen LogP contribution in [0.5, 0.6) is 0 Å². The van der Waals surface area contributed by atoms with Gasteiger partial charge in [-0.15, -0.1) is 0 Å². The fourth-order valence-electron chi connectivity index (χ4n) is 1.91. The molecule has 0 aromatic carbocycles. The maximum absolute atomic E-state index is 9.79. The fourth-order valence-corrected chi connectivity index (χ4v) is 1.91. The van der Waals surface area contributed by atoms with Crippen molar-refractivity contribution >= 4 is 11.9 Å². The number of carboxylic acid groups (broad SMARTS) is 2. The highest BCUT2D eigenvalue weighted by atomic mass is 16.4. The lowest BCUT2D eigenvalue weighted by atomic mass is 10.2. The van der Waals surface area contributed by atoms with Crippen LogP contribution in [0.15, 0.2) is 0 Å². The van der Waals surface area contributed by atoms with Crippen molar-refractivity contribution in [3.8, 4) is 0 Å². The molecule has 3 saturated heterocycles. The number of hydrogen-bond acceptors (Lipinski definition) is 4. The first-order valence-electron chi connectivity index (χ1n) is 5.96. The Morgan fingerprint density at radius 1 is 0.765 bits per heavy atom. The van der Waals surface area contributed by atoms with Crippen molar-refractivity contribution in [1.82, 2.24) is 9.80 Å². The lowest BCUT2D eigenvalue weighted by Crippen LogP contribution is -2.55. The van der Waals surface area contributed by atoms with Crippen molar-refractivity contribution in [3.63, 3.8) is 0 Å². The van der Waals surface area contributed by atoms with E-state index in [1.165, 1.54) is 39.3 Å². The van der Waals surface area contributed by atoms with Crippen molar-refractivity contribution in [2.24, 2.45) is 0 Å². The third-order valence-electron chi connectivity index (χ3n) is 2.98. The van der Waals surface area contributed by atoms with Gasteiger partial charge in [-0.25, -0.2) is 0 Å². The molecule has 0 atom stereocenters. The summed E-state index contributed by atoms with van der Waals surface area (Å²) in [7, 11) is 0. The highest BCUT2D eigenvalue weighted by molar-refractivity contribution is 5.69. The van der Waals surface area contributed by atoms with E-state index in [0.717, 1.165) is 0 Å². The van der Waals surface area contributed by atoms with Gasteiger partial charge in [0.05, 0.1) is 0 Å². The molecule has 3 rings (SSSR count). The molecule has 98 valence electrons. The molecule has 3 fully saturated rings. The molecule has 0 aromatic rings. The first kappa shape index (κ1) is 13.9. The van der Waals surface area contributed by atoms with Gasteiger partial charge >= 0.3 is 11.9 Å². The molecule has 3 aliphatic rings. The molecule has 2 bridgehead atoms. The second-order valence-electron chi connectivity index (χ2n) is 4.32. The van der Waals surface area contributed by atoms with Gasteiger partial charge in [-0.05, 0) is 6.42 Å². The third-order valence-corrected chi connectivity index (χ3v) is 2.98. The molecule has 3 heterocycles. The molecule has 6 heteroatoms. The van der Waals surface area contributed by atoms with Crippen LogP contribution in [0.1, 0.15) is 19.3 Å². The maximum atomic E-state index is 9.79. The number of carboxylic acids is 2. The maximum Gasteiger partial charge on any atom is 0.303 e. The van der Waals surface area contributed by atoms with E-state index in [1.54, 1.807) is 0 Å². The second-order valence-corrected chi connectivity index (χ2v) is 4.32. The third kappa shape index (κ3) is 6.23. The van der Waals surface area contributed by atoms with E-state index in [-0.39, 0.29) is 19.3 Å². The number of rotatable bonds is 4. The minimum atomic E-state index is -0.948. The van der Waals surface area contributed by atoms with Gasteiger partial charge in [0.25, 0.3) is 0 Å². The SMILES string of the molecule is C1CN2CCN1CC2.O=C(O)CCCC(=O)O. The van der Waals surface area contributed by atoms with Crippen LogP contribution in [0.4, 0.5) is 0 Å². The normalized spacial score (nSPS) is 25.9. The van der Waals surface area contributed by atoms with E-state index in [0.29, 0.717) is 0 Å². The van der Waals surface area contributed by atoms with E-state index in [9.17, 15) is 9.59 Å². The van der Waals surface area contributed by atoms with Crippen LogP contribution in [0.2, 0.25) is 0 Å². The number of nitrogens with zero attached hydrogens (tertiary/aromatic N) is 2. The minimum absolute atomic E-state index is 0.0632. The molecule has 6 nitrogen and oxygen atoms in total. The lowest BCUT2D eigenvalue weighted by molar-refractivity contribution is -0.138. The Labute approximate surface area is 101 Å². The molecule has 0 radical (unpaired) electrons. The van der Waals surface area contributed by atoms with Crippen molar-refractivity contribution in [1.29, 1.82) is 0 Å². The van der Waals surface area contributed by atoms with Gasteiger partial charge in [0.15, 0.2) is 0 Å². The van der Waals surface area contributed by atoms with Gasteiger partial charge < -0.3 is 10.2 Å².